The summed E-state index contributed by atoms with van der Waals surface area (Å²) >= 11 is 5.75. The van der Waals surface area contributed by atoms with Crippen LogP contribution in [0, 0.1) is 13.8 Å². The lowest BCUT2D eigenvalue weighted by Crippen LogP contribution is -2.34. The number of aryl methyl sites for hydroxylation is 2. The Hall–Kier alpha value is -1.55. The molecule has 1 unspecified atom stereocenters. The number of methoxy groups -OCH3 is 1. The van der Waals surface area contributed by atoms with E-state index in [1.165, 1.54) is 7.11 Å². The number of alkyl halides is 1. The van der Waals surface area contributed by atoms with Gasteiger partial charge in [-0.15, -0.1) is 11.6 Å². The van der Waals surface area contributed by atoms with E-state index in [0.717, 1.165) is 11.1 Å². The minimum Gasteiger partial charge on any atom is -0.468 e. The van der Waals surface area contributed by atoms with Gasteiger partial charge in [0, 0.05) is 12.1 Å². The molecule has 4 nitrogen and oxygen atoms in total. The van der Waals surface area contributed by atoms with Crippen LogP contribution < -0.4 is 5.32 Å². The molecule has 0 aliphatic carbocycles. The standard InChI is InChI=1S/C13H16ClNO3/c1-8-5-4-6-9(2)11(8)12(16)15-7-10(14)13(17)18-3/h4-6,10H,7H2,1-3H3,(H,15,16). The second-order valence-electron chi connectivity index (χ2n) is 3.97. The largest absolute Gasteiger partial charge is 0.468 e. The first-order valence-corrected chi connectivity index (χ1v) is 5.97. The maximum absolute atomic E-state index is 12.0. The summed E-state index contributed by atoms with van der Waals surface area (Å²) in [6, 6.07) is 5.61. The van der Waals surface area contributed by atoms with Crippen molar-refractivity contribution in [1.82, 2.24) is 5.32 Å². The van der Waals surface area contributed by atoms with Crippen molar-refractivity contribution in [2.45, 2.75) is 19.2 Å². The fourth-order valence-corrected chi connectivity index (χ4v) is 1.82. The molecule has 1 aromatic rings. The zero-order valence-corrected chi connectivity index (χ0v) is 11.4. The van der Waals surface area contributed by atoms with Gasteiger partial charge in [-0.05, 0) is 25.0 Å². The number of amides is 1. The summed E-state index contributed by atoms with van der Waals surface area (Å²) in [4.78, 5) is 23.1. The number of ether oxygens (including phenoxy) is 1. The summed E-state index contributed by atoms with van der Waals surface area (Å²) in [7, 11) is 1.25. The molecule has 98 valence electrons. The molecular formula is C13H16ClNO3. The molecule has 0 fully saturated rings. The number of carbonyl (C=O) groups is 2. The normalized spacial score (nSPS) is 11.8. The Kier molecular flexibility index (Phi) is 5.16. The first-order valence-electron chi connectivity index (χ1n) is 5.53. The van der Waals surface area contributed by atoms with Gasteiger partial charge >= 0.3 is 5.97 Å². The van der Waals surface area contributed by atoms with E-state index in [2.05, 4.69) is 10.1 Å². The minimum absolute atomic E-state index is 0.0425. The monoisotopic (exact) mass is 269 g/mol. The molecule has 1 amide bonds. The molecular weight excluding hydrogens is 254 g/mol. The summed E-state index contributed by atoms with van der Waals surface area (Å²) in [5.74, 6) is -0.793. The molecule has 0 aliphatic rings. The quantitative estimate of drug-likeness (QED) is 0.670. The van der Waals surface area contributed by atoms with Crippen LogP contribution in [0.4, 0.5) is 0 Å². The second kappa shape index (κ2) is 6.40. The van der Waals surface area contributed by atoms with Gasteiger partial charge < -0.3 is 10.1 Å². The minimum atomic E-state index is -0.872. The highest BCUT2D eigenvalue weighted by molar-refractivity contribution is 6.30. The third-order valence-corrected chi connectivity index (χ3v) is 2.94. The van der Waals surface area contributed by atoms with E-state index in [0.29, 0.717) is 5.56 Å². The van der Waals surface area contributed by atoms with E-state index in [4.69, 9.17) is 11.6 Å². The van der Waals surface area contributed by atoms with Crippen molar-refractivity contribution in [3.63, 3.8) is 0 Å². The molecule has 1 atom stereocenters. The number of hydrogen-bond donors (Lipinski definition) is 1. The van der Waals surface area contributed by atoms with Crippen molar-refractivity contribution in [2.75, 3.05) is 13.7 Å². The third-order valence-electron chi connectivity index (χ3n) is 2.61. The average Bonchev–Trinajstić information content (AvgIpc) is 2.34. The molecule has 0 saturated carbocycles. The van der Waals surface area contributed by atoms with Gasteiger partial charge in [-0.3, -0.25) is 9.59 Å². The first kappa shape index (κ1) is 14.5. The molecule has 0 spiro atoms. The van der Waals surface area contributed by atoms with Gasteiger partial charge in [-0.2, -0.15) is 0 Å². The highest BCUT2D eigenvalue weighted by atomic mass is 35.5. The maximum Gasteiger partial charge on any atom is 0.325 e. The van der Waals surface area contributed by atoms with E-state index >= 15 is 0 Å². The highest BCUT2D eigenvalue weighted by Gasteiger charge is 2.18. The van der Waals surface area contributed by atoms with Crippen molar-refractivity contribution in [3.8, 4) is 0 Å². The predicted octanol–water partition coefficient (Wildman–Crippen LogP) is 1.81. The van der Waals surface area contributed by atoms with Gasteiger partial charge in [0.05, 0.1) is 7.11 Å². The molecule has 0 aromatic heterocycles. The molecule has 0 aliphatic heterocycles. The molecule has 0 heterocycles. The number of benzene rings is 1. The number of nitrogens with one attached hydrogen (secondary N) is 1. The van der Waals surface area contributed by atoms with Crippen LogP contribution in [0.15, 0.2) is 18.2 Å². The van der Waals surface area contributed by atoms with Crippen molar-refractivity contribution in [3.05, 3.63) is 34.9 Å². The smallest absolute Gasteiger partial charge is 0.325 e. The van der Waals surface area contributed by atoms with E-state index < -0.39 is 11.3 Å². The Balaban J connectivity index is 2.69. The molecule has 1 rings (SSSR count). The van der Waals surface area contributed by atoms with Crippen molar-refractivity contribution >= 4 is 23.5 Å². The van der Waals surface area contributed by atoms with Gasteiger partial charge in [0.25, 0.3) is 5.91 Å². The highest BCUT2D eigenvalue weighted by Crippen LogP contribution is 2.13. The lowest BCUT2D eigenvalue weighted by atomic mass is 10.0. The second-order valence-corrected chi connectivity index (χ2v) is 4.49. The Labute approximate surface area is 111 Å². The topological polar surface area (TPSA) is 55.4 Å². The molecule has 1 N–H and O–H groups in total. The van der Waals surface area contributed by atoms with Gasteiger partial charge in [0.1, 0.15) is 5.38 Å². The summed E-state index contributed by atoms with van der Waals surface area (Å²) < 4.78 is 4.48. The third kappa shape index (κ3) is 3.47. The van der Waals surface area contributed by atoms with E-state index in [-0.39, 0.29) is 12.5 Å². The van der Waals surface area contributed by atoms with Crippen LogP contribution >= 0.6 is 11.6 Å². The molecule has 0 bridgehead atoms. The Bertz CT molecular complexity index is 439. The number of halogens is 1. The number of rotatable bonds is 4. The van der Waals surface area contributed by atoms with Crippen LogP contribution in [0.3, 0.4) is 0 Å². The van der Waals surface area contributed by atoms with Crippen LogP contribution in [0.25, 0.3) is 0 Å². The van der Waals surface area contributed by atoms with Crippen molar-refractivity contribution < 1.29 is 14.3 Å². The fraction of sp³-hybridized carbons (Fsp3) is 0.385. The Morgan fingerprint density at radius 3 is 2.39 bits per heavy atom. The number of hydrogen-bond acceptors (Lipinski definition) is 3. The molecule has 5 heteroatoms. The summed E-state index contributed by atoms with van der Waals surface area (Å²) in [5.41, 5.74) is 2.39. The Morgan fingerprint density at radius 2 is 1.89 bits per heavy atom. The van der Waals surface area contributed by atoms with Crippen LogP contribution in [-0.2, 0) is 9.53 Å². The summed E-state index contributed by atoms with van der Waals surface area (Å²) in [6.07, 6.45) is 0. The zero-order chi connectivity index (χ0) is 13.7. The molecule has 18 heavy (non-hydrogen) atoms. The van der Waals surface area contributed by atoms with E-state index in [1.54, 1.807) is 0 Å². The van der Waals surface area contributed by atoms with E-state index in [9.17, 15) is 9.59 Å². The number of carbonyl (C=O) groups excluding carboxylic acids is 2. The fourth-order valence-electron chi connectivity index (χ4n) is 1.65. The lowest BCUT2D eigenvalue weighted by Gasteiger charge is -2.12. The van der Waals surface area contributed by atoms with Gasteiger partial charge in [0.2, 0.25) is 0 Å². The summed E-state index contributed by atoms with van der Waals surface area (Å²) in [6.45, 7) is 3.77. The van der Waals surface area contributed by atoms with Crippen LogP contribution in [0.2, 0.25) is 0 Å². The Morgan fingerprint density at radius 1 is 1.33 bits per heavy atom. The van der Waals surface area contributed by atoms with Crippen molar-refractivity contribution in [2.24, 2.45) is 0 Å². The SMILES string of the molecule is COC(=O)C(Cl)CNC(=O)c1c(C)cccc1C. The van der Waals surface area contributed by atoms with Gasteiger partial charge in [0.15, 0.2) is 0 Å². The van der Waals surface area contributed by atoms with Crippen molar-refractivity contribution in [1.29, 1.82) is 0 Å². The average molecular weight is 270 g/mol. The van der Waals surface area contributed by atoms with Crippen LogP contribution in [0.5, 0.6) is 0 Å². The zero-order valence-electron chi connectivity index (χ0n) is 10.6. The molecule has 0 radical (unpaired) electrons. The van der Waals surface area contributed by atoms with Gasteiger partial charge in [-0.25, -0.2) is 0 Å². The van der Waals surface area contributed by atoms with Crippen LogP contribution in [-0.4, -0.2) is 30.9 Å². The molecule has 1 aromatic carbocycles. The number of esters is 1. The van der Waals surface area contributed by atoms with Crippen LogP contribution in [0.1, 0.15) is 21.5 Å². The predicted molar refractivity (Wildman–Crippen MR) is 69.9 cm³/mol. The molecule has 0 saturated heterocycles. The van der Waals surface area contributed by atoms with E-state index in [1.807, 2.05) is 32.0 Å². The maximum atomic E-state index is 12.0. The summed E-state index contributed by atoms with van der Waals surface area (Å²) in [5, 5.41) is 1.75. The first-order chi connectivity index (χ1) is 8.47. The van der Waals surface area contributed by atoms with Gasteiger partial charge in [-0.1, -0.05) is 18.2 Å². The lowest BCUT2D eigenvalue weighted by molar-refractivity contribution is -0.140.